The van der Waals surface area contributed by atoms with Crippen molar-refractivity contribution in [3.05, 3.63) is 23.8 Å². The number of halogens is 7. The van der Waals surface area contributed by atoms with Crippen molar-refractivity contribution in [2.24, 2.45) is 0 Å². The summed E-state index contributed by atoms with van der Waals surface area (Å²) < 4.78 is 92.2. The van der Waals surface area contributed by atoms with Gasteiger partial charge in [-0.3, -0.25) is 0 Å². The molecule has 30 heavy (non-hydrogen) atoms. The minimum Gasteiger partial charge on any atom is -0.489 e. The van der Waals surface area contributed by atoms with Crippen molar-refractivity contribution < 1.29 is 35.8 Å². The Morgan fingerprint density at radius 3 is 2.47 bits per heavy atom. The third-order valence-corrected chi connectivity index (χ3v) is 5.04. The Morgan fingerprint density at radius 2 is 1.93 bits per heavy atom. The van der Waals surface area contributed by atoms with E-state index in [1.165, 1.54) is 12.1 Å². The number of hydrogen-bond donors (Lipinski definition) is 1. The maximum absolute atomic E-state index is 13.9. The second kappa shape index (κ2) is 7.71. The first-order valence-electron chi connectivity index (χ1n) is 9.32. The lowest BCUT2D eigenvalue weighted by molar-refractivity contribution is -0.121. The molecule has 1 aromatic carbocycles. The van der Waals surface area contributed by atoms with Gasteiger partial charge in [-0.1, -0.05) is 18.5 Å². The molecule has 2 atom stereocenters. The molecule has 11 heteroatoms. The number of hydrogen-bond acceptors (Lipinski definition) is 4. The molecule has 0 saturated heterocycles. The van der Waals surface area contributed by atoms with E-state index in [1.807, 2.05) is 0 Å². The van der Waals surface area contributed by atoms with Crippen LogP contribution in [0.5, 0.6) is 5.75 Å². The summed E-state index contributed by atoms with van der Waals surface area (Å²) in [4.78, 5) is 1.04. The van der Waals surface area contributed by atoms with E-state index in [2.05, 4.69) is 5.32 Å². The van der Waals surface area contributed by atoms with Gasteiger partial charge in [-0.05, 0) is 38.5 Å². The van der Waals surface area contributed by atoms with Crippen molar-refractivity contribution in [3.63, 3.8) is 0 Å². The monoisotopic (exact) mass is 458 g/mol. The molecule has 0 fully saturated rings. The summed E-state index contributed by atoms with van der Waals surface area (Å²) in [5.74, 6) is -0.263. The molecule has 0 bridgehead atoms. The third kappa shape index (κ3) is 4.59. The van der Waals surface area contributed by atoms with Crippen molar-refractivity contribution in [1.29, 1.82) is 0 Å². The predicted molar refractivity (Wildman–Crippen MR) is 102 cm³/mol. The van der Waals surface area contributed by atoms with E-state index in [0.717, 1.165) is 4.90 Å². The lowest BCUT2D eigenvalue weighted by Crippen LogP contribution is -2.48. The SMILES string of the molecule is CCC1COc2c(ccc3c2C(C(F)(F)F)=CC(Cl)(OC(C)C)N3)N1CC(F)(F)F. The maximum atomic E-state index is 13.9. The molecule has 0 amide bonds. The van der Waals surface area contributed by atoms with Crippen LogP contribution in [0, 0.1) is 0 Å². The van der Waals surface area contributed by atoms with Crippen LogP contribution >= 0.6 is 11.6 Å². The fourth-order valence-electron chi connectivity index (χ4n) is 3.63. The molecular weight excluding hydrogens is 438 g/mol. The van der Waals surface area contributed by atoms with Gasteiger partial charge in [0.1, 0.15) is 13.2 Å². The van der Waals surface area contributed by atoms with Gasteiger partial charge >= 0.3 is 12.4 Å². The molecule has 1 N–H and O–H groups in total. The van der Waals surface area contributed by atoms with Crippen LogP contribution in [0.2, 0.25) is 0 Å². The highest BCUT2D eigenvalue weighted by atomic mass is 35.5. The Morgan fingerprint density at radius 1 is 1.27 bits per heavy atom. The molecule has 1 aromatic rings. The summed E-state index contributed by atoms with van der Waals surface area (Å²) in [6.07, 6.45) is -8.86. The molecule has 0 radical (unpaired) electrons. The van der Waals surface area contributed by atoms with Crippen LogP contribution in [0.4, 0.5) is 37.7 Å². The van der Waals surface area contributed by atoms with Crippen LogP contribution in [0.3, 0.4) is 0 Å². The highest BCUT2D eigenvalue weighted by Crippen LogP contribution is 2.52. The average Bonchev–Trinajstić information content (AvgIpc) is 2.57. The molecule has 2 aliphatic rings. The minimum atomic E-state index is -4.84. The van der Waals surface area contributed by atoms with E-state index in [1.54, 1.807) is 20.8 Å². The largest absolute Gasteiger partial charge is 0.489 e. The molecule has 168 valence electrons. The first kappa shape index (κ1) is 22.9. The van der Waals surface area contributed by atoms with Gasteiger partial charge in [-0.15, -0.1) is 0 Å². The Kier molecular flexibility index (Phi) is 5.87. The number of allylic oxidation sites excluding steroid dienone is 1. The summed E-state index contributed by atoms with van der Waals surface area (Å²) in [5.41, 5.74) is -1.61. The number of ether oxygens (including phenoxy) is 2. The predicted octanol–water partition coefficient (Wildman–Crippen LogP) is 5.92. The first-order valence-corrected chi connectivity index (χ1v) is 9.70. The molecule has 2 aliphatic heterocycles. The molecule has 0 aliphatic carbocycles. The van der Waals surface area contributed by atoms with Crippen LogP contribution in [-0.4, -0.2) is 42.8 Å². The number of fused-ring (bicyclic) bond motifs is 3. The second-order valence-corrected chi connectivity index (χ2v) is 8.01. The lowest BCUT2D eigenvalue weighted by atomic mass is 9.95. The van der Waals surface area contributed by atoms with Gasteiger partial charge in [-0.2, -0.15) is 26.3 Å². The van der Waals surface area contributed by atoms with E-state index in [9.17, 15) is 26.3 Å². The summed E-state index contributed by atoms with van der Waals surface area (Å²) in [6, 6.07) is 1.95. The molecule has 0 aromatic heterocycles. The number of benzene rings is 1. The number of nitrogens with one attached hydrogen (secondary N) is 1. The van der Waals surface area contributed by atoms with E-state index in [4.69, 9.17) is 21.1 Å². The van der Waals surface area contributed by atoms with Crippen LogP contribution < -0.4 is 15.0 Å². The van der Waals surface area contributed by atoms with Crippen LogP contribution in [0.25, 0.3) is 5.57 Å². The van der Waals surface area contributed by atoms with Gasteiger partial charge in [0, 0.05) is 5.69 Å². The fraction of sp³-hybridized carbons (Fsp3) is 0.579. The Bertz CT molecular complexity index is 840. The molecule has 0 spiro atoms. The normalized spacial score (nSPS) is 24.0. The van der Waals surface area contributed by atoms with Crippen molar-refractivity contribution in [3.8, 4) is 5.75 Å². The topological polar surface area (TPSA) is 33.7 Å². The van der Waals surface area contributed by atoms with Crippen molar-refractivity contribution in [2.45, 2.75) is 56.9 Å². The zero-order valence-corrected chi connectivity index (χ0v) is 17.2. The number of anilines is 2. The Labute approximate surface area is 174 Å². The van der Waals surface area contributed by atoms with Gasteiger partial charge < -0.3 is 19.7 Å². The van der Waals surface area contributed by atoms with Crippen LogP contribution in [0.15, 0.2) is 18.2 Å². The standard InChI is InChI=1S/C19H21ClF6N2O2/c1-4-11-8-29-16-14(28(11)9-18(21,22)23)6-5-13-15(16)12(19(24,25)26)7-17(20,27-13)30-10(2)3/h5-7,10-11,27H,4,8-9H2,1-3H3. The summed E-state index contributed by atoms with van der Waals surface area (Å²) in [7, 11) is 0. The Balaban J connectivity index is 2.17. The van der Waals surface area contributed by atoms with Gasteiger partial charge in [0.05, 0.1) is 29.0 Å². The van der Waals surface area contributed by atoms with Gasteiger partial charge in [0.25, 0.3) is 0 Å². The fourth-order valence-corrected chi connectivity index (χ4v) is 4.02. The van der Waals surface area contributed by atoms with Crippen molar-refractivity contribution in [1.82, 2.24) is 0 Å². The molecule has 4 nitrogen and oxygen atoms in total. The number of alkyl halides is 7. The smallest absolute Gasteiger partial charge is 0.417 e. The zero-order chi connectivity index (χ0) is 22.5. The third-order valence-electron chi connectivity index (χ3n) is 4.75. The van der Waals surface area contributed by atoms with Crippen LogP contribution in [0.1, 0.15) is 32.8 Å². The van der Waals surface area contributed by atoms with E-state index in [-0.39, 0.29) is 29.3 Å². The summed E-state index contributed by atoms with van der Waals surface area (Å²) in [5, 5.41) is 0.726. The molecule has 0 saturated carbocycles. The first-order chi connectivity index (χ1) is 13.7. The highest BCUT2D eigenvalue weighted by molar-refractivity contribution is 6.26. The van der Waals surface area contributed by atoms with Gasteiger partial charge in [0.2, 0.25) is 5.18 Å². The van der Waals surface area contributed by atoms with Crippen molar-refractivity contribution in [2.75, 3.05) is 23.4 Å². The summed E-state index contributed by atoms with van der Waals surface area (Å²) >= 11 is 6.23. The molecule has 2 heterocycles. The van der Waals surface area contributed by atoms with E-state index >= 15 is 0 Å². The highest BCUT2D eigenvalue weighted by Gasteiger charge is 2.47. The molecule has 2 unspecified atom stereocenters. The van der Waals surface area contributed by atoms with E-state index < -0.39 is 41.8 Å². The maximum Gasteiger partial charge on any atom is 0.417 e. The van der Waals surface area contributed by atoms with Crippen LogP contribution in [-0.2, 0) is 4.74 Å². The number of nitrogens with zero attached hydrogens (tertiary/aromatic N) is 1. The quantitative estimate of drug-likeness (QED) is 0.345. The molecular formula is C19H21ClF6N2O2. The Hall–Kier alpha value is -1.81. The average molecular weight is 459 g/mol. The zero-order valence-electron chi connectivity index (χ0n) is 16.4. The number of rotatable bonds is 4. The summed E-state index contributed by atoms with van der Waals surface area (Å²) in [6.45, 7) is 3.44. The minimum absolute atomic E-state index is 0.0406. The molecule has 3 rings (SSSR count). The van der Waals surface area contributed by atoms with E-state index in [0.29, 0.717) is 12.5 Å². The van der Waals surface area contributed by atoms with Gasteiger partial charge in [-0.25, -0.2) is 0 Å². The van der Waals surface area contributed by atoms with Gasteiger partial charge in [0.15, 0.2) is 5.75 Å². The lowest BCUT2D eigenvalue weighted by Gasteiger charge is -2.41. The van der Waals surface area contributed by atoms with Crippen molar-refractivity contribution >= 4 is 28.5 Å². The second-order valence-electron chi connectivity index (χ2n) is 7.44.